The molecule has 0 unspecified atom stereocenters. The maximum absolute atomic E-state index is 5.74. The van der Waals surface area contributed by atoms with Crippen molar-refractivity contribution in [1.82, 2.24) is 9.97 Å². The lowest BCUT2D eigenvalue weighted by atomic mass is 10.2. The van der Waals surface area contributed by atoms with Gasteiger partial charge in [0.15, 0.2) is 0 Å². The van der Waals surface area contributed by atoms with E-state index in [0.717, 1.165) is 27.8 Å². The third-order valence-electron chi connectivity index (χ3n) is 3.14. The van der Waals surface area contributed by atoms with Crippen LogP contribution in [0.1, 0.15) is 10.4 Å². The van der Waals surface area contributed by atoms with Crippen LogP contribution >= 0.6 is 11.3 Å². The van der Waals surface area contributed by atoms with E-state index in [1.165, 1.54) is 4.88 Å². The predicted octanol–water partition coefficient (Wildman–Crippen LogP) is 4.10. The van der Waals surface area contributed by atoms with Crippen molar-refractivity contribution in [2.75, 3.05) is 7.11 Å². The molecule has 4 nitrogen and oxygen atoms in total. The van der Waals surface area contributed by atoms with Gasteiger partial charge in [0.05, 0.1) is 19.0 Å². The number of pyridine rings is 1. The van der Waals surface area contributed by atoms with Crippen molar-refractivity contribution >= 4 is 11.3 Å². The van der Waals surface area contributed by atoms with Gasteiger partial charge in [0.1, 0.15) is 23.1 Å². The number of ether oxygens (including phenoxy) is 2. The molecular weight excluding hydrogens is 296 g/mol. The van der Waals surface area contributed by atoms with Gasteiger partial charge in [0.25, 0.3) is 0 Å². The van der Waals surface area contributed by atoms with Crippen LogP contribution in [0.4, 0.5) is 0 Å². The molecule has 0 amide bonds. The van der Waals surface area contributed by atoms with E-state index in [2.05, 4.69) is 9.97 Å². The van der Waals surface area contributed by atoms with Crippen LogP contribution in [0.2, 0.25) is 0 Å². The Balaban J connectivity index is 1.63. The Hall–Kier alpha value is -2.40. The topological polar surface area (TPSA) is 44.2 Å². The molecule has 0 aliphatic heterocycles. The van der Waals surface area contributed by atoms with Crippen LogP contribution in [-0.4, -0.2) is 17.1 Å². The first-order chi connectivity index (χ1) is 10.7. The number of hydrogen-bond donors (Lipinski definition) is 0. The summed E-state index contributed by atoms with van der Waals surface area (Å²) in [6, 6.07) is 11.7. The summed E-state index contributed by atoms with van der Waals surface area (Å²) in [7, 11) is 1.66. The highest BCUT2D eigenvalue weighted by atomic mass is 32.1. The number of thiazole rings is 1. The highest BCUT2D eigenvalue weighted by Crippen LogP contribution is 2.24. The van der Waals surface area contributed by atoms with Gasteiger partial charge in [0, 0.05) is 11.1 Å². The third kappa shape index (κ3) is 3.43. The minimum Gasteiger partial charge on any atom is -0.497 e. The second-order valence-corrected chi connectivity index (χ2v) is 6.03. The van der Waals surface area contributed by atoms with Crippen molar-refractivity contribution in [1.29, 1.82) is 0 Å². The number of benzene rings is 1. The van der Waals surface area contributed by atoms with Gasteiger partial charge >= 0.3 is 0 Å². The number of methoxy groups -OCH3 is 1. The minimum absolute atomic E-state index is 0.501. The summed E-state index contributed by atoms with van der Waals surface area (Å²) in [5, 5.41) is 0.930. The molecule has 0 atom stereocenters. The standard InChI is InChI=1S/C17H16N2O2S/c1-12-9-19-17(22-12)16-8-7-15(10-18-16)21-11-13-3-5-14(20-2)6-4-13/h3-10H,11H2,1-2H3. The quantitative estimate of drug-likeness (QED) is 0.711. The summed E-state index contributed by atoms with van der Waals surface area (Å²) >= 11 is 1.63. The van der Waals surface area contributed by atoms with Gasteiger partial charge in [-0.2, -0.15) is 0 Å². The lowest BCUT2D eigenvalue weighted by Crippen LogP contribution is -1.96. The molecule has 0 aliphatic rings. The average Bonchev–Trinajstić information content (AvgIpc) is 3.00. The Morgan fingerprint density at radius 1 is 0.955 bits per heavy atom. The fourth-order valence-electron chi connectivity index (χ4n) is 1.95. The van der Waals surface area contributed by atoms with Crippen molar-refractivity contribution in [3.63, 3.8) is 0 Å². The zero-order valence-electron chi connectivity index (χ0n) is 12.4. The van der Waals surface area contributed by atoms with Crippen LogP contribution in [0, 0.1) is 6.92 Å². The summed E-state index contributed by atoms with van der Waals surface area (Å²) in [6.45, 7) is 2.54. The highest BCUT2D eigenvalue weighted by molar-refractivity contribution is 7.14. The Bertz CT molecular complexity index is 736. The van der Waals surface area contributed by atoms with Gasteiger partial charge in [-0.3, -0.25) is 0 Å². The lowest BCUT2D eigenvalue weighted by Gasteiger charge is -2.07. The van der Waals surface area contributed by atoms with Crippen LogP contribution in [0.15, 0.2) is 48.8 Å². The molecule has 0 fully saturated rings. The molecule has 2 heterocycles. The second-order valence-electron chi connectivity index (χ2n) is 4.79. The molecule has 3 rings (SSSR count). The Labute approximate surface area is 133 Å². The van der Waals surface area contributed by atoms with E-state index in [4.69, 9.17) is 9.47 Å². The molecule has 1 aromatic carbocycles. The Morgan fingerprint density at radius 3 is 2.32 bits per heavy atom. The van der Waals surface area contributed by atoms with E-state index < -0.39 is 0 Å². The maximum Gasteiger partial charge on any atom is 0.142 e. The first-order valence-electron chi connectivity index (χ1n) is 6.89. The lowest BCUT2D eigenvalue weighted by molar-refractivity contribution is 0.305. The van der Waals surface area contributed by atoms with Crippen LogP contribution in [0.25, 0.3) is 10.7 Å². The van der Waals surface area contributed by atoms with Gasteiger partial charge in [-0.25, -0.2) is 9.97 Å². The molecule has 0 N–H and O–H groups in total. The van der Waals surface area contributed by atoms with Crippen molar-refractivity contribution in [3.05, 3.63) is 59.2 Å². The molecule has 0 aliphatic carbocycles. The number of hydrogen-bond acceptors (Lipinski definition) is 5. The molecule has 0 spiro atoms. The Kier molecular flexibility index (Phi) is 4.34. The molecule has 22 heavy (non-hydrogen) atoms. The SMILES string of the molecule is COc1ccc(COc2ccc(-c3ncc(C)s3)nc2)cc1. The van der Waals surface area contributed by atoms with Gasteiger partial charge < -0.3 is 9.47 Å². The van der Waals surface area contributed by atoms with Crippen molar-refractivity contribution in [2.45, 2.75) is 13.5 Å². The molecule has 2 aromatic heterocycles. The first kappa shape index (κ1) is 14.5. The normalized spacial score (nSPS) is 10.5. The van der Waals surface area contributed by atoms with Crippen LogP contribution in [-0.2, 0) is 6.61 Å². The maximum atomic E-state index is 5.74. The highest BCUT2D eigenvalue weighted by Gasteiger charge is 2.04. The number of aryl methyl sites for hydroxylation is 1. The molecule has 3 aromatic rings. The molecule has 5 heteroatoms. The van der Waals surface area contributed by atoms with Gasteiger partial charge in [-0.05, 0) is 36.8 Å². The summed E-state index contributed by atoms with van der Waals surface area (Å²) in [5.41, 5.74) is 1.95. The third-order valence-corrected chi connectivity index (χ3v) is 4.08. The van der Waals surface area contributed by atoms with Crippen molar-refractivity contribution in [2.24, 2.45) is 0 Å². The summed E-state index contributed by atoms with van der Waals surface area (Å²) in [4.78, 5) is 9.91. The predicted molar refractivity (Wildman–Crippen MR) is 87.4 cm³/mol. The van der Waals surface area contributed by atoms with Gasteiger partial charge in [-0.1, -0.05) is 12.1 Å². The number of nitrogens with zero attached hydrogens (tertiary/aromatic N) is 2. The monoisotopic (exact) mass is 312 g/mol. The van der Waals surface area contributed by atoms with Crippen molar-refractivity contribution < 1.29 is 9.47 Å². The summed E-state index contributed by atoms with van der Waals surface area (Å²) < 4.78 is 10.9. The average molecular weight is 312 g/mol. The van der Waals surface area contributed by atoms with Crippen LogP contribution in [0.3, 0.4) is 0 Å². The van der Waals surface area contributed by atoms with E-state index in [1.807, 2.05) is 49.5 Å². The molecule has 0 saturated heterocycles. The van der Waals surface area contributed by atoms with Gasteiger partial charge in [0.2, 0.25) is 0 Å². The molecule has 0 bridgehead atoms. The van der Waals surface area contributed by atoms with Crippen LogP contribution in [0.5, 0.6) is 11.5 Å². The van der Waals surface area contributed by atoms with Crippen molar-refractivity contribution in [3.8, 4) is 22.2 Å². The fourth-order valence-corrected chi connectivity index (χ4v) is 2.69. The second kappa shape index (κ2) is 6.58. The number of rotatable bonds is 5. The fraction of sp³-hybridized carbons (Fsp3) is 0.176. The van der Waals surface area contributed by atoms with E-state index in [9.17, 15) is 0 Å². The molecular formula is C17H16N2O2S. The largest absolute Gasteiger partial charge is 0.497 e. The summed E-state index contributed by atoms with van der Waals surface area (Å²) in [5.74, 6) is 1.58. The smallest absolute Gasteiger partial charge is 0.142 e. The summed E-state index contributed by atoms with van der Waals surface area (Å²) in [6.07, 6.45) is 3.59. The van der Waals surface area contributed by atoms with E-state index in [-0.39, 0.29) is 0 Å². The number of aromatic nitrogens is 2. The zero-order valence-corrected chi connectivity index (χ0v) is 13.3. The zero-order chi connectivity index (χ0) is 15.4. The Morgan fingerprint density at radius 2 is 1.73 bits per heavy atom. The minimum atomic E-state index is 0.501. The van der Waals surface area contributed by atoms with Crippen LogP contribution < -0.4 is 9.47 Å². The molecule has 112 valence electrons. The van der Waals surface area contributed by atoms with E-state index >= 15 is 0 Å². The first-order valence-corrected chi connectivity index (χ1v) is 7.71. The van der Waals surface area contributed by atoms with Gasteiger partial charge in [-0.15, -0.1) is 11.3 Å². The van der Waals surface area contributed by atoms with E-state index in [0.29, 0.717) is 6.61 Å². The van der Waals surface area contributed by atoms with E-state index in [1.54, 1.807) is 24.6 Å². The molecule has 0 saturated carbocycles. The molecule has 0 radical (unpaired) electrons.